The van der Waals surface area contributed by atoms with Crippen molar-refractivity contribution in [2.45, 2.75) is 57.6 Å². The van der Waals surface area contributed by atoms with Gasteiger partial charge >= 0.3 is 12.0 Å². The fraction of sp³-hybridized carbons (Fsp3) is 0.867. The van der Waals surface area contributed by atoms with Crippen molar-refractivity contribution in [3.8, 4) is 0 Å². The normalized spacial score (nSPS) is 33.0. The molecule has 2 heterocycles. The van der Waals surface area contributed by atoms with Gasteiger partial charge in [-0.15, -0.1) is 0 Å². The molecular formula is C15H26N2O4. The Labute approximate surface area is 125 Å². The zero-order valence-electron chi connectivity index (χ0n) is 12.9. The van der Waals surface area contributed by atoms with Gasteiger partial charge in [-0.1, -0.05) is 0 Å². The second-order valence-corrected chi connectivity index (χ2v) is 6.50. The number of carbonyl (C=O) groups excluding carboxylic acids is 1. The summed E-state index contributed by atoms with van der Waals surface area (Å²) >= 11 is 0. The second-order valence-electron chi connectivity index (χ2n) is 6.50. The largest absolute Gasteiger partial charge is 0.481 e. The van der Waals surface area contributed by atoms with Gasteiger partial charge in [-0.2, -0.15) is 0 Å². The van der Waals surface area contributed by atoms with Gasteiger partial charge in [-0.3, -0.25) is 4.79 Å². The van der Waals surface area contributed by atoms with E-state index in [0.717, 1.165) is 25.8 Å². The molecule has 0 aliphatic carbocycles. The van der Waals surface area contributed by atoms with Crippen LogP contribution in [0.1, 0.15) is 46.0 Å². The number of nitrogens with zero attached hydrogens (tertiary/aromatic N) is 1. The molecule has 6 nitrogen and oxygen atoms in total. The average molecular weight is 298 g/mol. The third kappa shape index (κ3) is 4.09. The molecule has 2 aliphatic heterocycles. The van der Waals surface area contributed by atoms with Crippen molar-refractivity contribution in [1.82, 2.24) is 10.2 Å². The Morgan fingerprint density at radius 1 is 1.48 bits per heavy atom. The maximum Gasteiger partial charge on any atom is 0.317 e. The predicted octanol–water partition coefficient (Wildman–Crippen LogP) is 1.84. The summed E-state index contributed by atoms with van der Waals surface area (Å²) in [6, 6.07) is -0.0464. The summed E-state index contributed by atoms with van der Waals surface area (Å²) in [5, 5.41) is 11.9. The number of likely N-dealkylation sites (tertiary alicyclic amines) is 1. The van der Waals surface area contributed by atoms with E-state index in [4.69, 9.17) is 9.84 Å². The minimum Gasteiger partial charge on any atom is -0.481 e. The zero-order chi connectivity index (χ0) is 15.5. The number of carboxylic acids is 1. The minimum absolute atomic E-state index is 0.0223. The molecule has 0 radical (unpaired) electrons. The molecule has 2 rings (SSSR count). The Morgan fingerprint density at radius 2 is 2.24 bits per heavy atom. The first-order valence-corrected chi connectivity index (χ1v) is 7.81. The number of nitrogens with one attached hydrogen (secondary N) is 1. The molecule has 3 unspecified atom stereocenters. The van der Waals surface area contributed by atoms with Gasteiger partial charge < -0.3 is 20.1 Å². The third-order valence-electron chi connectivity index (χ3n) is 4.85. The van der Waals surface area contributed by atoms with Crippen molar-refractivity contribution >= 4 is 12.0 Å². The van der Waals surface area contributed by atoms with E-state index in [2.05, 4.69) is 5.32 Å². The number of piperidine rings is 1. The lowest BCUT2D eigenvalue weighted by Gasteiger charge is -2.36. The van der Waals surface area contributed by atoms with Crippen LogP contribution in [0.25, 0.3) is 0 Å². The molecule has 6 heteroatoms. The Hall–Kier alpha value is -1.30. The van der Waals surface area contributed by atoms with Crippen LogP contribution in [0.2, 0.25) is 0 Å². The lowest BCUT2D eigenvalue weighted by atomic mass is 9.93. The van der Waals surface area contributed by atoms with Crippen molar-refractivity contribution in [3.05, 3.63) is 0 Å². The third-order valence-corrected chi connectivity index (χ3v) is 4.85. The maximum absolute atomic E-state index is 12.4. The van der Waals surface area contributed by atoms with Crippen molar-refractivity contribution in [2.24, 2.45) is 5.92 Å². The summed E-state index contributed by atoms with van der Waals surface area (Å²) in [6.07, 6.45) is 3.64. The van der Waals surface area contributed by atoms with Crippen LogP contribution >= 0.6 is 0 Å². The van der Waals surface area contributed by atoms with Crippen LogP contribution in [-0.4, -0.2) is 53.3 Å². The van der Waals surface area contributed by atoms with Crippen molar-refractivity contribution in [3.63, 3.8) is 0 Å². The number of carboxylic acid groups (broad SMARTS) is 1. The summed E-state index contributed by atoms with van der Waals surface area (Å²) in [7, 11) is 0. The molecule has 0 aromatic rings. The van der Waals surface area contributed by atoms with Crippen LogP contribution in [0.4, 0.5) is 4.79 Å². The average Bonchev–Trinajstić information content (AvgIpc) is 2.76. The number of urea groups is 1. The number of hydrogen-bond donors (Lipinski definition) is 2. The van der Waals surface area contributed by atoms with Gasteiger partial charge in [0.25, 0.3) is 0 Å². The molecule has 0 aromatic heterocycles. The highest BCUT2D eigenvalue weighted by molar-refractivity contribution is 5.75. The SMILES string of the molecule is CC1OCCC1(C)NC(=O)N1CCCC(CCC(=O)O)C1. The van der Waals surface area contributed by atoms with Crippen molar-refractivity contribution in [2.75, 3.05) is 19.7 Å². The molecule has 2 fully saturated rings. The highest BCUT2D eigenvalue weighted by atomic mass is 16.5. The first kappa shape index (κ1) is 16.1. The standard InChI is InChI=1S/C15H26N2O4/c1-11-15(2,7-9-21-11)16-14(20)17-8-3-4-12(10-17)5-6-13(18)19/h11-12H,3-10H2,1-2H3,(H,16,20)(H,18,19). The summed E-state index contributed by atoms with van der Waals surface area (Å²) < 4.78 is 5.54. The van der Waals surface area contributed by atoms with Gasteiger partial charge in [0.15, 0.2) is 0 Å². The topological polar surface area (TPSA) is 78.9 Å². The molecule has 2 aliphatic rings. The van der Waals surface area contributed by atoms with E-state index in [-0.39, 0.29) is 24.1 Å². The first-order chi connectivity index (χ1) is 9.90. The molecule has 120 valence electrons. The number of amides is 2. The van der Waals surface area contributed by atoms with E-state index in [0.29, 0.717) is 25.5 Å². The van der Waals surface area contributed by atoms with Crippen LogP contribution in [0, 0.1) is 5.92 Å². The van der Waals surface area contributed by atoms with E-state index in [9.17, 15) is 9.59 Å². The highest BCUT2D eigenvalue weighted by Crippen LogP contribution is 2.26. The molecular weight excluding hydrogens is 272 g/mol. The number of aliphatic carboxylic acids is 1. The molecule has 2 amide bonds. The number of rotatable bonds is 4. The molecule has 21 heavy (non-hydrogen) atoms. The van der Waals surface area contributed by atoms with E-state index in [1.165, 1.54) is 0 Å². The van der Waals surface area contributed by atoms with Crippen LogP contribution in [-0.2, 0) is 9.53 Å². The zero-order valence-corrected chi connectivity index (χ0v) is 12.9. The van der Waals surface area contributed by atoms with E-state index >= 15 is 0 Å². The second kappa shape index (κ2) is 6.64. The maximum atomic E-state index is 12.4. The Kier molecular flexibility index (Phi) is 5.08. The predicted molar refractivity (Wildman–Crippen MR) is 78.1 cm³/mol. The van der Waals surface area contributed by atoms with Crippen LogP contribution in [0.3, 0.4) is 0 Å². The molecule has 3 atom stereocenters. The summed E-state index contributed by atoms with van der Waals surface area (Å²) in [6.45, 7) is 6.10. The summed E-state index contributed by atoms with van der Waals surface area (Å²) in [4.78, 5) is 24.9. The van der Waals surface area contributed by atoms with Gasteiger partial charge in [0, 0.05) is 26.1 Å². The molecule has 0 spiro atoms. The number of ether oxygens (including phenoxy) is 1. The fourth-order valence-corrected chi connectivity index (χ4v) is 3.14. The Morgan fingerprint density at radius 3 is 2.86 bits per heavy atom. The highest BCUT2D eigenvalue weighted by Gasteiger charge is 2.39. The van der Waals surface area contributed by atoms with Gasteiger partial charge in [-0.25, -0.2) is 4.79 Å². The lowest BCUT2D eigenvalue weighted by Crippen LogP contribution is -2.56. The van der Waals surface area contributed by atoms with Crippen molar-refractivity contribution < 1.29 is 19.4 Å². The quantitative estimate of drug-likeness (QED) is 0.830. The van der Waals surface area contributed by atoms with E-state index in [1.807, 2.05) is 18.7 Å². The molecule has 0 aromatic carbocycles. The Bertz CT molecular complexity index is 401. The minimum atomic E-state index is -0.763. The monoisotopic (exact) mass is 298 g/mol. The van der Waals surface area contributed by atoms with E-state index in [1.54, 1.807) is 0 Å². The Balaban J connectivity index is 1.85. The van der Waals surface area contributed by atoms with Crippen LogP contribution in [0.5, 0.6) is 0 Å². The smallest absolute Gasteiger partial charge is 0.317 e. The van der Waals surface area contributed by atoms with Crippen molar-refractivity contribution in [1.29, 1.82) is 0 Å². The summed E-state index contributed by atoms with van der Waals surface area (Å²) in [5.74, 6) is -0.466. The number of hydrogen-bond acceptors (Lipinski definition) is 3. The van der Waals surface area contributed by atoms with Gasteiger partial charge in [0.05, 0.1) is 11.6 Å². The van der Waals surface area contributed by atoms with Gasteiger partial charge in [0.1, 0.15) is 0 Å². The van der Waals surface area contributed by atoms with Crippen LogP contribution in [0.15, 0.2) is 0 Å². The van der Waals surface area contributed by atoms with Crippen LogP contribution < -0.4 is 5.32 Å². The lowest BCUT2D eigenvalue weighted by molar-refractivity contribution is -0.137. The number of carbonyl (C=O) groups is 2. The van der Waals surface area contributed by atoms with Gasteiger partial charge in [-0.05, 0) is 45.4 Å². The fourth-order valence-electron chi connectivity index (χ4n) is 3.14. The summed E-state index contributed by atoms with van der Waals surface area (Å²) in [5.41, 5.74) is -0.301. The first-order valence-electron chi connectivity index (χ1n) is 7.81. The molecule has 2 N–H and O–H groups in total. The molecule has 2 saturated heterocycles. The van der Waals surface area contributed by atoms with E-state index < -0.39 is 5.97 Å². The molecule has 0 saturated carbocycles. The molecule has 0 bridgehead atoms. The van der Waals surface area contributed by atoms with Gasteiger partial charge in [0.2, 0.25) is 0 Å².